The molecule has 0 aliphatic heterocycles. The molecular weight excluding hydrogens is 693 g/mol. The van der Waals surface area contributed by atoms with E-state index in [0.29, 0.717) is 5.82 Å². The molecule has 0 fully saturated rings. The summed E-state index contributed by atoms with van der Waals surface area (Å²) in [7, 11) is 0. The number of benzene rings is 6. The highest BCUT2D eigenvalue weighted by Gasteiger charge is 2.23. The summed E-state index contributed by atoms with van der Waals surface area (Å²) in [4.78, 5) is 14.2. The van der Waals surface area contributed by atoms with Crippen LogP contribution in [-0.4, -0.2) is 19.5 Å². The van der Waals surface area contributed by atoms with E-state index in [9.17, 15) is 0 Å². The minimum Gasteiger partial charge on any atom is -0.354 e. The maximum Gasteiger partial charge on any atom is 0.160 e. The van der Waals surface area contributed by atoms with Gasteiger partial charge in [0.25, 0.3) is 0 Å². The minimum atomic E-state index is 0.703. The fraction of sp³-hybridized carbons (Fsp3) is 0.0189. The first-order valence-electron chi connectivity index (χ1n) is 19.3. The third kappa shape index (κ3) is 5.96. The number of nitrogens with zero attached hydrogens (tertiary/aromatic N) is 3. The number of aromatic nitrogens is 4. The zero-order chi connectivity index (χ0) is 38.3. The van der Waals surface area contributed by atoms with Crippen molar-refractivity contribution in [3.05, 3.63) is 218 Å². The van der Waals surface area contributed by atoms with Gasteiger partial charge in [-0.15, -0.1) is 0 Å². The quantitative estimate of drug-likeness (QED) is 0.158. The van der Waals surface area contributed by atoms with Crippen molar-refractivity contribution in [1.29, 1.82) is 0 Å². The van der Waals surface area contributed by atoms with Gasteiger partial charge < -0.3 is 9.55 Å². The Morgan fingerprint density at radius 3 is 2.11 bits per heavy atom. The van der Waals surface area contributed by atoms with Crippen LogP contribution in [0.4, 0.5) is 0 Å². The van der Waals surface area contributed by atoms with E-state index in [1.54, 1.807) is 0 Å². The van der Waals surface area contributed by atoms with Crippen LogP contribution in [0, 0.1) is 0 Å². The topological polar surface area (TPSA) is 46.5 Å². The smallest absolute Gasteiger partial charge is 0.160 e. The van der Waals surface area contributed by atoms with Crippen molar-refractivity contribution in [3.8, 4) is 39.5 Å². The predicted octanol–water partition coefficient (Wildman–Crippen LogP) is 13.7. The average Bonchev–Trinajstić information content (AvgIpc) is 3.72. The molecule has 0 saturated heterocycles. The van der Waals surface area contributed by atoms with E-state index in [4.69, 9.17) is 9.97 Å². The van der Waals surface area contributed by atoms with E-state index in [0.717, 1.165) is 90.3 Å². The number of rotatable bonds is 8. The Hall–Kier alpha value is -7.56. The molecule has 0 radical (unpaired) electrons. The average molecular weight is 731 g/mol. The molecule has 0 bridgehead atoms. The highest BCUT2D eigenvalue weighted by Crippen LogP contribution is 2.43. The van der Waals surface area contributed by atoms with Crippen LogP contribution >= 0.6 is 0 Å². The van der Waals surface area contributed by atoms with E-state index in [2.05, 4.69) is 168 Å². The number of allylic oxidation sites excluding steroid dienone is 6. The second kappa shape index (κ2) is 14.3. The molecule has 270 valence electrons. The van der Waals surface area contributed by atoms with Gasteiger partial charge in [-0.1, -0.05) is 147 Å². The first kappa shape index (κ1) is 34.0. The second-order valence-electron chi connectivity index (χ2n) is 14.3. The first-order chi connectivity index (χ1) is 28.2. The summed E-state index contributed by atoms with van der Waals surface area (Å²) in [6.45, 7) is 8.04. The van der Waals surface area contributed by atoms with Gasteiger partial charge in [0, 0.05) is 55.3 Å². The van der Waals surface area contributed by atoms with Crippen molar-refractivity contribution in [2.45, 2.75) is 6.42 Å². The monoisotopic (exact) mass is 730 g/mol. The van der Waals surface area contributed by atoms with Gasteiger partial charge in [-0.25, -0.2) is 9.97 Å². The van der Waals surface area contributed by atoms with Crippen molar-refractivity contribution >= 4 is 49.9 Å². The lowest BCUT2D eigenvalue weighted by Crippen LogP contribution is -2.00. The SMILES string of the molecule is C=C/C=C(\C=C)c1ccc2c(c1)c1cc(-c3cccc4[nH]c5c(c34)C(c3cc(-c4ccccc4)nc(-c4ccccc4)n3)=CCC=C5)ccc1n2-c1ccccc1. The van der Waals surface area contributed by atoms with E-state index in [1.165, 1.54) is 16.2 Å². The van der Waals surface area contributed by atoms with Gasteiger partial charge in [0.2, 0.25) is 0 Å². The summed E-state index contributed by atoms with van der Waals surface area (Å²) >= 11 is 0. The van der Waals surface area contributed by atoms with Gasteiger partial charge >= 0.3 is 0 Å². The number of aromatic amines is 1. The van der Waals surface area contributed by atoms with Crippen LogP contribution in [0.15, 0.2) is 195 Å². The predicted molar refractivity (Wildman–Crippen MR) is 240 cm³/mol. The Labute approximate surface area is 331 Å². The molecule has 1 aliphatic carbocycles. The normalized spacial score (nSPS) is 12.8. The lowest BCUT2D eigenvalue weighted by Gasteiger charge is -2.14. The van der Waals surface area contributed by atoms with Crippen LogP contribution in [0.1, 0.15) is 28.9 Å². The van der Waals surface area contributed by atoms with Crippen molar-refractivity contribution in [1.82, 2.24) is 19.5 Å². The number of para-hydroxylation sites is 1. The Morgan fingerprint density at radius 1 is 0.649 bits per heavy atom. The summed E-state index contributed by atoms with van der Waals surface area (Å²) in [6.07, 6.45) is 13.3. The highest BCUT2D eigenvalue weighted by molar-refractivity contribution is 6.13. The number of nitrogens with one attached hydrogen (secondary N) is 1. The summed E-state index contributed by atoms with van der Waals surface area (Å²) < 4.78 is 2.36. The largest absolute Gasteiger partial charge is 0.354 e. The van der Waals surface area contributed by atoms with Crippen molar-refractivity contribution in [3.63, 3.8) is 0 Å². The van der Waals surface area contributed by atoms with Crippen LogP contribution in [-0.2, 0) is 0 Å². The molecule has 0 spiro atoms. The van der Waals surface area contributed by atoms with Gasteiger partial charge in [-0.3, -0.25) is 0 Å². The molecular formula is C53H38N4. The molecule has 0 saturated carbocycles. The van der Waals surface area contributed by atoms with Crippen LogP contribution < -0.4 is 0 Å². The standard InChI is InChI=1S/C53H38N4/c1-3-17-35(4-2)38-28-30-49-43(32-38)44-33-39(29-31-50(44)57(49)40-22-12-7-13-23-40)41-25-16-27-46-51(41)52-42(24-14-15-26-45(52)54-46)48-34-47(36-18-8-5-9-19-36)55-53(56-48)37-20-10-6-11-21-37/h3-13,15-34,54H,1-2,14H2/b35-17+. The van der Waals surface area contributed by atoms with Gasteiger partial charge in [0.15, 0.2) is 5.82 Å². The summed E-state index contributed by atoms with van der Waals surface area (Å²) in [6, 6.07) is 53.6. The number of H-pyrrole nitrogens is 1. The molecule has 0 amide bonds. The molecule has 4 heteroatoms. The molecule has 9 aromatic rings. The molecule has 0 atom stereocenters. The lowest BCUT2D eigenvalue weighted by molar-refractivity contribution is 1.15. The van der Waals surface area contributed by atoms with Gasteiger partial charge in [-0.05, 0) is 83.3 Å². The summed E-state index contributed by atoms with van der Waals surface area (Å²) in [5.74, 6) is 0.703. The summed E-state index contributed by atoms with van der Waals surface area (Å²) in [5, 5.41) is 3.53. The molecule has 0 unspecified atom stereocenters. The summed E-state index contributed by atoms with van der Waals surface area (Å²) in [5.41, 5.74) is 16.0. The molecule has 6 aromatic carbocycles. The Morgan fingerprint density at radius 2 is 1.35 bits per heavy atom. The molecule has 3 aromatic heterocycles. The van der Waals surface area contributed by atoms with E-state index >= 15 is 0 Å². The molecule has 1 aliphatic rings. The third-order valence-electron chi connectivity index (χ3n) is 10.9. The van der Waals surface area contributed by atoms with Crippen LogP contribution in [0.5, 0.6) is 0 Å². The number of hydrogen-bond acceptors (Lipinski definition) is 2. The zero-order valence-corrected chi connectivity index (χ0v) is 31.4. The van der Waals surface area contributed by atoms with E-state index in [1.807, 2.05) is 42.5 Å². The Kier molecular flexibility index (Phi) is 8.50. The molecule has 3 heterocycles. The maximum absolute atomic E-state index is 5.29. The molecule has 1 N–H and O–H groups in total. The van der Waals surface area contributed by atoms with Crippen molar-refractivity contribution in [2.75, 3.05) is 0 Å². The fourth-order valence-corrected chi connectivity index (χ4v) is 8.31. The zero-order valence-electron chi connectivity index (χ0n) is 31.4. The van der Waals surface area contributed by atoms with Crippen LogP contribution in [0.2, 0.25) is 0 Å². The van der Waals surface area contributed by atoms with E-state index in [-0.39, 0.29) is 0 Å². The Balaban J connectivity index is 1.20. The minimum absolute atomic E-state index is 0.703. The first-order valence-corrected chi connectivity index (χ1v) is 19.3. The second-order valence-corrected chi connectivity index (χ2v) is 14.3. The van der Waals surface area contributed by atoms with Gasteiger partial charge in [-0.2, -0.15) is 0 Å². The van der Waals surface area contributed by atoms with Crippen molar-refractivity contribution < 1.29 is 0 Å². The molecule has 4 nitrogen and oxygen atoms in total. The van der Waals surface area contributed by atoms with Crippen LogP contribution in [0.25, 0.3) is 89.4 Å². The van der Waals surface area contributed by atoms with Crippen LogP contribution in [0.3, 0.4) is 0 Å². The van der Waals surface area contributed by atoms with Gasteiger partial charge in [0.1, 0.15) is 0 Å². The lowest BCUT2D eigenvalue weighted by atomic mass is 9.92. The Bertz CT molecular complexity index is 3050. The number of fused-ring (bicyclic) bond motifs is 6. The molecule has 10 rings (SSSR count). The third-order valence-corrected chi connectivity index (χ3v) is 10.9. The highest BCUT2D eigenvalue weighted by atomic mass is 15.0. The molecule has 57 heavy (non-hydrogen) atoms. The van der Waals surface area contributed by atoms with E-state index < -0.39 is 0 Å². The maximum atomic E-state index is 5.29. The fourth-order valence-electron chi connectivity index (χ4n) is 8.31. The van der Waals surface area contributed by atoms with Gasteiger partial charge in [0.05, 0.1) is 22.4 Å². The number of hydrogen-bond donors (Lipinski definition) is 1. The van der Waals surface area contributed by atoms with Crippen molar-refractivity contribution in [2.24, 2.45) is 0 Å².